The van der Waals surface area contributed by atoms with Crippen molar-refractivity contribution in [2.24, 2.45) is 0 Å². The molecule has 11 nitrogen and oxygen atoms in total. The van der Waals surface area contributed by atoms with Crippen LogP contribution in [0.3, 0.4) is 0 Å². The van der Waals surface area contributed by atoms with Crippen molar-refractivity contribution in [2.45, 2.75) is 6.54 Å². The lowest BCUT2D eigenvalue weighted by Crippen LogP contribution is -2.21. The summed E-state index contributed by atoms with van der Waals surface area (Å²) in [7, 11) is 1.60. The number of fused-ring (bicyclic) bond motifs is 2. The topological polar surface area (TPSA) is 119 Å². The van der Waals surface area contributed by atoms with Gasteiger partial charge in [-0.05, 0) is 42.5 Å². The average Bonchev–Trinajstić information content (AvgIpc) is 3.60. The van der Waals surface area contributed by atoms with Gasteiger partial charge in [-0.15, -0.1) is 0 Å². The number of nitrogens with zero attached hydrogens (tertiary/aromatic N) is 6. The van der Waals surface area contributed by atoms with E-state index in [2.05, 4.69) is 20.2 Å². The highest BCUT2D eigenvalue weighted by Gasteiger charge is 2.18. The summed E-state index contributed by atoms with van der Waals surface area (Å²) in [4.78, 5) is 21.8. The van der Waals surface area contributed by atoms with Crippen molar-refractivity contribution in [1.29, 1.82) is 0 Å². The Morgan fingerprint density at radius 2 is 1.94 bits per heavy atom. The van der Waals surface area contributed by atoms with E-state index in [-0.39, 0.29) is 24.8 Å². The molecule has 0 bridgehead atoms. The Bertz CT molecular complexity index is 1540. The number of rotatable bonds is 5. The molecular weight excluding hydrogens is 428 g/mol. The normalized spacial score (nSPS) is 12.4. The van der Waals surface area contributed by atoms with Crippen LogP contribution in [-0.2, 0) is 6.54 Å². The smallest absolute Gasteiger partial charge is 0.264 e. The monoisotopic (exact) mass is 444 g/mol. The zero-order chi connectivity index (χ0) is 22.4. The molecular formula is C22H16N6O5. The van der Waals surface area contributed by atoms with E-state index < -0.39 is 0 Å². The van der Waals surface area contributed by atoms with Crippen LogP contribution >= 0.6 is 0 Å². The molecule has 0 unspecified atom stereocenters. The number of hydrogen-bond donors (Lipinski definition) is 0. The van der Waals surface area contributed by atoms with Crippen LogP contribution in [-0.4, -0.2) is 43.4 Å². The van der Waals surface area contributed by atoms with Crippen molar-refractivity contribution in [2.75, 3.05) is 13.9 Å². The van der Waals surface area contributed by atoms with E-state index >= 15 is 0 Å². The molecule has 11 heteroatoms. The Kier molecular flexibility index (Phi) is 4.32. The van der Waals surface area contributed by atoms with Crippen LogP contribution in [0, 0.1) is 0 Å². The second kappa shape index (κ2) is 7.48. The number of benzene rings is 2. The van der Waals surface area contributed by atoms with Crippen LogP contribution in [0.5, 0.6) is 17.2 Å². The Morgan fingerprint density at radius 3 is 2.79 bits per heavy atom. The van der Waals surface area contributed by atoms with Crippen molar-refractivity contribution in [1.82, 2.24) is 29.5 Å². The van der Waals surface area contributed by atoms with Crippen LogP contribution in [0.25, 0.3) is 28.1 Å². The fourth-order valence-corrected chi connectivity index (χ4v) is 3.59. The van der Waals surface area contributed by atoms with E-state index in [0.717, 1.165) is 17.0 Å². The molecule has 0 fully saturated rings. The predicted octanol–water partition coefficient (Wildman–Crippen LogP) is 2.42. The zero-order valence-corrected chi connectivity index (χ0v) is 17.3. The first-order valence-corrected chi connectivity index (χ1v) is 10.00. The van der Waals surface area contributed by atoms with Crippen molar-refractivity contribution in [3.63, 3.8) is 0 Å². The fraction of sp³-hybridized carbons (Fsp3) is 0.136. The molecule has 33 heavy (non-hydrogen) atoms. The van der Waals surface area contributed by atoms with Gasteiger partial charge < -0.3 is 18.7 Å². The van der Waals surface area contributed by atoms with Gasteiger partial charge >= 0.3 is 0 Å². The summed E-state index contributed by atoms with van der Waals surface area (Å²) < 4.78 is 24.2. The lowest BCUT2D eigenvalue weighted by atomic mass is 10.2. The first-order chi connectivity index (χ1) is 16.2. The van der Waals surface area contributed by atoms with Gasteiger partial charge in [-0.25, -0.2) is 9.67 Å². The second-order valence-electron chi connectivity index (χ2n) is 7.25. The van der Waals surface area contributed by atoms with E-state index in [1.807, 2.05) is 30.3 Å². The third-order valence-corrected chi connectivity index (χ3v) is 5.28. The maximum atomic E-state index is 13.0. The lowest BCUT2D eigenvalue weighted by molar-refractivity contribution is 0.174. The molecule has 0 aliphatic carbocycles. The van der Waals surface area contributed by atoms with Crippen molar-refractivity contribution < 1.29 is 18.7 Å². The van der Waals surface area contributed by atoms with E-state index in [0.29, 0.717) is 28.4 Å². The molecule has 4 heterocycles. The van der Waals surface area contributed by atoms with E-state index in [4.69, 9.17) is 18.7 Å². The van der Waals surface area contributed by atoms with Crippen LogP contribution < -0.4 is 19.8 Å². The fourth-order valence-electron chi connectivity index (χ4n) is 3.59. The van der Waals surface area contributed by atoms with Crippen LogP contribution in [0.1, 0.15) is 5.89 Å². The quantitative estimate of drug-likeness (QED) is 0.402. The third kappa shape index (κ3) is 3.26. The first-order valence-electron chi connectivity index (χ1n) is 10.00. The van der Waals surface area contributed by atoms with Gasteiger partial charge in [0.1, 0.15) is 24.0 Å². The summed E-state index contributed by atoms with van der Waals surface area (Å²) in [6.07, 6.45) is 2.94. The molecule has 5 aromatic rings. The maximum absolute atomic E-state index is 13.0. The van der Waals surface area contributed by atoms with Crippen LogP contribution in [0.15, 0.2) is 64.3 Å². The number of ether oxygens (including phenoxy) is 3. The molecule has 0 radical (unpaired) electrons. The Labute approximate surface area is 185 Å². The lowest BCUT2D eigenvalue weighted by Gasteiger charge is -2.05. The summed E-state index contributed by atoms with van der Waals surface area (Å²) in [5.41, 5.74) is 1.67. The highest BCUT2D eigenvalue weighted by atomic mass is 16.7. The summed E-state index contributed by atoms with van der Waals surface area (Å²) in [5, 5.41) is 8.72. The zero-order valence-electron chi connectivity index (χ0n) is 17.3. The van der Waals surface area contributed by atoms with Gasteiger partial charge in [0.15, 0.2) is 17.1 Å². The van der Waals surface area contributed by atoms with Crippen LogP contribution in [0.2, 0.25) is 0 Å². The van der Waals surface area contributed by atoms with E-state index in [1.165, 1.54) is 17.1 Å². The molecule has 164 valence electrons. The van der Waals surface area contributed by atoms with Gasteiger partial charge in [0.05, 0.1) is 19.0 Å². The molecule has 6 rings (SSSR count). The Morgan fingerprint density at radius 1 is 1.09 bits per heavy atom. The van der Waals surface area contributed by atoms with Gasteiger partial charge in [0.2, 0.25) is 18.5 Å². The van der Waals surface area contributed by atoms with E-state index in [9.17, 15) is 4.79 Å². The number of hydrogen-bond acceptors (Lipinski definition) is 9. The van der Waals surface area contributed by atoms with Crippen molar-refractivity contribution in [3.8, 4) is 34.3 Å². The van der Waals surface area contributed by atoms with Gasteiger partial charge in [-0.3, -0.25) is 9.36 Å². The molecule has 3 aromatic heterocycles. The van der Waals surface area contributed by atoms with Crippen molar-refractivity contribution >= 4 is 11.0 Å². The minimum Gasteiger partial charge on any atom is -0.497 e. The summed E-state index contributed by atoms with van der Waals surface area (Å²) in [6.45, 7) is 0.261. The average molecular weight is 444 g/mol. The van der Waals surface area contributed by atoms with Gasteiger partial charge in [-0.1, -0.05) is 5.16 Å². The summed E-state index contributed by atoms with van der Waals surface area (Å²) in [5.74, 6) is 2.68. The Balaban J connectivity index is 1.28. The standard InChI is InChI=1S/C22H16N6O5/c1-30-15-5-3-14(4-6-15)28-21-16(9-24-28)22(29)27(11-23-21)10-19-25-20(26-33-19)13-2-7-17-18(8-13)32-12-31-17/h2-9,11H,10,12H2,1H3. The molecule has 0 atom stereocenters. The summed E-state index contributed by atoms with van der Waals surface area (Å²) >= 11 is 0. The van der Waals surface area contributed by atoms with E-state index in [1.54, 1.807) is 23.9 Å². The Hall–Kier alpha value is -4.67. The van der Waals surface area contributed by atoms with Gasteiger partial charge in [0, 0.05) is 5.56 Å². The molecule has 0 spiro atoms. The number of methoxy groups -OCH3 is 1. The predicted molar refractivity (Wildman–Crippen MR) is 115 cm³/mol. The SMILES string of the molecule is COc1ccc(-n2ncc3c(=O)n(Cc4nc(-c5ccc6c(c5)OCO6)no4)cnc32)cc1. The molecule has 2 aromatic carbocycles. The third-order valence-electron chi connectivity index (χ3n) is 5.28. The minimum absolute atomic E-state index is 0.0764. The molecule has 1 aliphatic heterocycles. The van der Waals surface area contributed by atoms with Gasteiger partial charge in [-0.2, -0.15) is 10.1 Å². The minimum atomic E-state index is -0.261. The highest BCUT2D eigenvalue weighted by Crippen LogP contribution is 2.35. The largest absolute Gasteiger partial charge is 0.497 e. The number of aromatic nitrogens is 6. The molecule has 1 aliphatic rings. The molecule has 0 amide bonds. The first kappa shape index (κ1) is 19.0. The highest BCUT2D eigenvalue weighted by molar-refractivity contribution is 5.75. The van der Waals surface area contributed by atoms with Crippen LogP contribution in [0.4, 0.5) is 0 Å². The molecule has 0 saturated heterocycles. The van der Waals surface area contributed by atoms with Crippen molar-refractivity contribution in [3.05, 3.63) is 71.2 Å². The molecule has 0 saturated carbocycles. The van der Waals surface area contributed by atoms with Gasteiger partial charge in [0.25, 0.3) is 5.56 Å². The maximum Gasteiger partial charge on any atom is 0.264 e. The summed E-state index contributed by atoms with van der Waals surface area (Å²) in [6, 6.07) is 12.7. The molecule has 0 N–H and O–H groups in total. The second-order valence-corrected chi connectivity index (χ2v) is 7.25.